The fourth-order valence-electron chi connectivity index (χ4n) is 4.13. The minimum atomic E-state index is 0.0107. The van der Waals surface area contributed by atoms with Gasteiger partial charge in [0.05, 0.1) is 5.54 Å². The van der Waals surface area contributed by atoms with Gasteiger partial charge in [0.1, 0.15) is 5.76 Å². The van der Waals surface area contributed by atoms with Gasteiger partial charge in [-0.05, 0) is 52.1 Å². The van der Waals surface area contributed by atoms with Gasteiger partial charge < -0.3 is 14.2 Å². The third-order valence-corrected chi connectivity index (χ3v) is 5.89. The molecule has 3 heterocycles. The number of ether oxygens (including phenoxy) is 1. The van der Waals surface area contributed by atoms with Crippen LogP contribution in [-0.2, 0) is 4.74 Å². The van der Waals surface area contributed by atoms with E-state index in [0.29, 0.717) is 17.5 Å². The Kier molecular flexibility index (Phi) is 4.12. The standard InChI is InChI=1S/C18H27N3O3/c1-3-23-10-13-6-7-20(2)18(9-13)11-21(12-18)17(22)15-8-16(24-19-15)14-4-5-14/h8,13-14H,3-7,9-12H2,1-2H3/t13-/m1/s1. The number of carbonyl (C=O) groups excluding carboxylic acids is 1. The van der Waals surface area contributed by atoms with E-state index in [-0.39, 0.29) is 11.4 Å². The van der Waals surface area contributed by atoms with Crippen molar-refractivity contribution in [3.63, 3.8) is 0 Å². The molecule has 0 radical (unpaired) electrons. The Morgan fingerprint density at radius 2 is 2.21 bits per heavy atom. The Morgan fingerprint density at radius 3 is 2.92 bits per heavy atom. The summed E-state index contributed by atoms with van der Waals surface area (Å²) in [5.41, 5.74) is 0.592. The second-order valence-corrected chi connectivity index (χ2v) is 7.71. The number of likely N-dealkylation sites (tertiary alicyclic amines) is 2. The third-order valence-electron chi connectivity index (χ3n) is 5.89. The smallest absolute Gasteiger partial charge is 0.276 e. The number of piperidine rings is 1. The van der Waals surface area contributed by atoms with Crippen molar-refractivity contribution < 1.29 is 14.1 Å². The number of aromatic nitrogens is 1. The summed E-state index contributed by atoms with van der Waals surface area (Å²) in [6.45, 7) is 6.32. The van der Waals surface area contributed by atoms with Gasteiger partial charge in [0, 0.05) is 38.3 Å². The van der Waals surface area contributed by atoms with Crippen LogP contribution in [0.3, 0.4) is 0 Å². The lowest BCUT2D eigenvalue weighted by Crippen LogP contribution is -2.72. The van der Waals surface area contributed by atoms with Gasteiger partial charge in [0.2, 0.25) is 0 Å². The van der Waals surface area contributed by atoms with Gasteiger partial charge in [-0.25, -0.2) is 0 Å². The fraction of sp³-hybridized carbons (Fsp3) is 0.778. The molecule has 0 bridgehead atoms. The predicted molar refractivity (Wildman–Crippen MR) is 89.0 cm³/mol. The number of rotatable bonds is 5. The molecular weight excluding hydrogens is 306 g/mol. The van der Waals surface area contributed by atoms with Gasteiger partial charge in [-0.15, -0.1) is 0 Å². The van der Waals surface area contributed by atoms with Crippen molar-refractivity contribution in [3.05, 3.63) is 17.5 Å². The van der Waals surface area contributed by atoms with Gasteiger partial charge >= 0.3 is 0 Å². The van der Waals surface area contributed by atoms with Gasteiger partial charge in [-0.1, -0.05) is 5.16 Å². The minimum absolute atomic E-state index is 0.0107. The van der Waals surface area contributed by atoms with Crippen LogP contribution >= 0.6 is 0 Å². The van der Waals surface area contributed by atoms with E-state index in [1.807, 2.05) is 17.9 Å². The average molecular weight is 333 g/mol. The van der Waals surface area contributed by atoms with Crippen LogP contribution in [0.2, 0.25) is 0 Å². The highest BCUT2D eigenvalue weighted by atomic mass is 16.5. The van der Waals surface area contributed by atoms with Crippen LogP contribution in [0.5, 0.6) is 0 Å². The SMILES string of the molecule is CCOC[C@@H]1CCN(C)C2(C1)CN(C(=O)c1cc(C3CC3)on1)C2. The number of carbonyl (C=O) groups is 1. The largest absolute Gasteiger partial charge is 0.381 e. The molecule has 132 valence electrons. The molecule has 1 aromatic rings. The van der Waals surface area contributed by atoms with Crippen molar-refractivity contribution in [1.82, 2.24) is 15.0 Å². The van der Waals surface area contributed by atoms with Crippen LogP contribution < -0.4 is 0 Å². The molecule has 0 aromatic carbocycles. The molecule has 1 atom stereocenters. The second kappa shape index (κ2) is 6.15. The topological polar surface area (TPSA) is 58.8 Å². The summed E-state index contributed by atoms with van der Waals surface area (Å²) >= 11 is 0. The van der Waals surface area contributed by atoms with Crippen molar-refractivity contribution >= 4 is 5.91 Å². The average Bonchev–Trinajstić information content (AvgIpc) is 3.28. The summed E-state index contributed by atoms with van der Waals surface area (Å²) in [5.74, 6) is 1.98. The van der Waals surface area contributed by atoms with Crippen molar-refractivity contribution in [2.75, 3.05) is 39.9 Å². The lowest BCUT2D eigenvalue weighted by atomic mass is 9.75. The summed E-state index contributed by atoms with van der Waals surface area (Å²) in [5, 5.41) is 3.99. The van der Waals surface area contributed by atoms with Crippen molar-refractivity contribution in [2.24, 2.45) is 5.92 Å². The molecule has 3 fully saturated rings. The second-order valence-electron chi connectivity index (χ2n) is 7.71. The minimum Gasteiger partial charge on any atom is -0.381 e. The Morgan fingerprint density at radius 1 is 1.42 bits per heavy atom. The molecule has 0 N–H and O–H groups in total. The summed E-state index contributed by atoms with van der Waals surface area (Å²) < 4.78 is 10.9. The zero-order chi connectivity index (χ0) is 16.7. The zero-order valence-corrected chi connectivity index (χ0v) is 14.7. The monoisotopic (exact) mass is 333 g/mol. The highest BCUT2D eigenvalue weighted by molar-refractivity contribution is 5.93. The summed E-state index contributed by atoms with van der Waals surface area (Å²) in [4.78, 5) is 17.0. The van der Waals surface area contributed by atoms with E-state index >= 15 is 0 Å². The Hall–Kier alpha value is -1.40. The first-order chi connectivity index (χ1) is 11.6. The molecular formula is C18H27N3O3. The summed E-state index contributed by atoms with van der Waals surface area (Å²) in [6, 6.07) is 1.84. The molecule has 0 unspecified atom stereocenters. The Labute approximate surface area is 143 Å². The molecule has 1 aromatic heterocycles. The summed E-state index contributed by atoms with van der Waals surface area (Å²) in [6.07, 6.45) is 4.60. The van der Waals surface area contributed by atoms with Crippen LogP contribution in [0.1, 0.15) is 54.8 Å². The normalized spacial score (nSPS) is 26.6. The predicted octanol–water partition coefficient (Wildman–Crippen LogP) is 2.12. The number of nitrogens with zero attached hydrogens (tertiary/aromatic N) is 3. The van der Waals surface area contributed by atoms with E-state index in [0.717, 1.165) is 57.9 Å². The molecule has 1 amide bonds. The molecule has 24 heavy (non-hydrogen) atoms. The van der Waals surface area contributed by atoms with Crippen molar-refractivity contribution in [2.45, 2.75) is 44.1 Å². The first-order valence-corrected chi connectivity index (χ1v) is 9.16. The van der Waals surface area contributed by atoms with Crippen LogP contribution in [0.15, 0.2) is 10.6 Å². The van der Waals surface area contributed by atoms with Gasteiger partial charge in [0.25, 0.3) is 5.91 Å². The molecule has 1 spiro atoms. The maximum Gasteiger partial charge on any atom is 0.276 e. The number of amides is 1. The molecule has 1 aliphatic carbocycles. The molecule has 6 nitrogen and oxygen atoms in total. The number of likely N-dealkylation sites (N-methyl/N-ethyl adjacent to an activating group) is 1. The molecule has 6 heteroatoms. The first kappa shape index (κ1) is 16.1. The number of hydrogen-bond donors (Lipinski definition) is 0. The van der Waals surface area contributed by atoms with Crippen molar-refractivity contribution in [1.29, 1.82) is 0 Å². The molecule has 3 aliphatic rings. The molecule has 2 saturated heterocycles. The van der Waals surface area contributed by atoms with Crippen LogP contribution in [0, 0.1) is 5.92 Å². The molecule has 2 aliphatic heterocycles. The van der Waals surface area contributed by atoms with Gasteiger partial charge in [-0.3, -0.25) is 9.69 Å². The Balaban J connectivity index is 1.37. The zero-order valence-electron chi connectivity index (χ0n) is 14.7. The lowest BCUT2D eigenvalue weighted by molar-refractivity contribution is -0.0753. The Bertz CT molecular complexity index is 602. The van der Waals surface area contributed by atoms with Gasteiger partial charge in [0.15, 0.2) is 5.69 Å². The first-order valence-electron chi connectivity index (χ1n) is 9.16. The van der Waals surface area contributed by atoms with Crippen LogP contribution in [0.25, 0.3) is 0 Å². The lowest BCUT2D eigenvalue weighted by Gasteiger charge is -2.58. The summed E-state index contributed by atoms with van der Waals surface area (Å²) in [7, 11) is 2.18. The highest BCUT2D eigenvalue weighted by Crippen LogP contribution is 2.41. The maximum absolute atomic E-state index is 12.6. The molecule has 4 rings (SSSR count). The van der Waals surface area contributed by atoms with E-state index in [2.05, 4.69) is 17.1 Å². The van der Waals surface area contributed by atoms with E-state index in [1.165, 1.54) is 6.42 Å². The molecule has 1 saturated carbocycles. The third kappa shape index (κ3) is 2.86. The van der Waals surface area contributed by atoms with Crippen LogP contribution in [0.4, 0.5) is 0 Å². The fourth-order valence-corrected chi connectivity index (χ4v) is 4.13. The van der Waals surface area contributed by atoms with Crippen LogP contribution in [-0.4, -0.2) is 66.3 Å². The van der Waals surface area contributed by atoms with E-state index < -0.39 is 0 Å². The quantitative estimate of drug-likeness (QED) is 0.826. The highest BCUT2D eigenvalue weighted by Gasteiger charge is 2.51. The van der Waals surface area contributed by atoms with Gasteiger partial charge in [-0.2, -0.15) is 0 Å². The van der Waals surface area contributed by atoms with Crippen molar-refractivity contribution in [3.8, 4) is 0 Å². The van der Waals surface area contributed by atoms with E-state index in [9.17, 15) is 4.79 Å². The number of hydrogen-bond acceptors (Lipinski definition) is 5. The van der Waals surface area contributed by atoms with E-state index in [4.69, 9.17) is 9.26 Å². The van der Waals surface area contributed by atoms with E-state index in [1.54, 1.807) is 0 Å². The maximum atomic E-state index is 12.6.